The molecular formula is C24H27N6O2S+. The van der Waals surface area contributed by atoms with Crippen molar-refractivity contribution in [1.29, 1.82) is 0 Å². The van der Waals surface area contributed by atoms with Gasteiger partial charge in [0.2, 0.25) is 0 Å². The molecule has 0 atom stereocenters. The van der Waals surface area contributed by atoms with Crippen LogP contribution in [0.25, 0.3) is 20.4 Å². The number of para-hydroxylation sites is 1. The summed E-state index contributed by atoms with van der Waals surface area (Å²) in [5.74, 6) is 1.77. The maximum atomic E-state index is 6.22. The lowest BCUT2D eigenvalue weighted by Gasteiger charge is -2.36. The van der Waals surface area contributed by atoms with E-state index in [1.165, 1.54) is 15.8 Å². The molecule has 0 saturated carbocycles. The van der Waals surface area contributed by atoms with Crippen LogP contribution in [0.1, 0.15) is 25.0 Å². The van der Waals surface area contributed by atoms with Crippen LogP contribution in [0.3, 0.4) is 0 Å². The van der Waals surface area contributed by atoms with E-state index in [1.54, 1.807) is 17.7 Å². The number of aromatic nitrogens is 3. The quantitative estimate of drug-likeness (QED) is 0.446. The minimum Gasteiger partial charge on any atom is -0.378 e. The Hall–Kier alpha value is -3.01. The Bertz CT molecular complexity index is 1320. The molecule has 3 aromatic heterocycles. The lowest BCUT2D eigenvalue weighted by Crippen LogP contribution is -2.39. The van der Waals surface area contributed by atoms with E-state index in [2.05, 4.69) is 39.6 Å². The highest BCUT2D eigenvalue weighted by Gasteiger charge is 2.34. The molecule has 2 aliphatic heterocycles. The molecule has 0 aliphatic carbocycles. The SMILES string of the molecule is CC1(C)Cc2c(c(N3CCOCC3)nc3c2sc2[nH+]cnc(NNc4ccccc4)c23)CO1. The van der Waals surface area contributed by atoms with E-state index in [-0.39, 0.29) is 5.60 Å². The molecule has 1 saturated heterocycles. The first-order valence-electron chi connectivity index (χ1n) is 11.3. The van der Waals surface area contributed by atoms with Crippen molar-refractivity contribution in [2.45, 2.75) is 32.5 Å². The van der Waals surface area contributed by atoms with Crippen LogP contribution in [0.2, 0.25) is 0 Å². The number of ether oxygens (including phenoxy) is 2. The smallest absolute Gasteiger partial charge is 0.287 e. The van der Waals surface area contributed by atoms with Crippen molar-refractivity contribution >= 4 is 49.1 Å². The normalized spacial score (nSPS) is 17.8. The molecule has 2 aliphatic rings. The summed E-state index contributed by atoms with van der Waals surface area (Å²) in [6, 6.07) is 10.0. The van der Waals surface area contributed by atoms with Crippen LogP contribution in [-0.4, -0.2) is 41.9 Å². The number of nitrogens with zero attached hydrogens (tertiary/aromatic N) is 3. The number of aromatic amines is 1. The average Bonchev–Trinajstić information content (AvgIpc) is 3.22. The Morgan fingerprint density at radius 1 is 1.09 bits per heavy atom. The number of anilines is 3. The van der Waals surface area contributed by atoms with Crippen molar-refractivity contribution in [3.63, 3.8) is 0 Å². The minimum absolute atomic E-state index is 0.211. The highest BCUT2D eigenvalue weighted by Crippen LogP contribution is 2.43. The number of rotatable bonds is 4. The zero-order chi connectivity index (χ0) is 22.4. The molecule has 6 rings (SSSR count). The molecule has 0 radical (unpaired) electrons. The fourth-order valence-corrected chi connectivity index (χ4v) is 5.76. The summed E-state index contributed by atoms with van der Waals surface area (Å²) >= 11 is 1.74. The van der Waals surface area contributed by atoms with Gasteiger partial charge in [-0.25, -0.2) is 9.97 Å². The van der Waals surface area contributed by atoms with Crippen LogP contribution < -0.4 is 20.7 Å². The van der Waals surface area contributed by atoms with Gasteiger partial charge in [-0.2, -0.15) is 0 Å². The Morgan fingerprint density at radius 3 is 2.73 bits per heavy atom. The van der Waals surface area contributed by atoms with E-state index in [0.29, 0.717) is 19.8 Å². The highest BCUT2D eigenvalue weighted by atomic mass is 32.1. The van der Waals surface area contributed by atoms with Crippen LogP contribution >= 0.6 is 11.3 Å². The average molecular weight is 464 g/mol. The molecule has 0 spiro atoms. The molecule has 0 unspecified atom stereocenters. The third-order valence-electron chi connectivity index (χ3n) is 6.25. The van der Waals surface area contributed by atoms with Gasteiger partial charge in [0, 0.05) is 25.1 Å². The number of morpholine rings is 1. The Morgan fingerprint density at radius 2 is 1.91 bits per heavy atom. The van der Waals surface area contributed by atoms with Gasteiger partial charge in [-0.05, 0) is 36.5 Å². The monoisotopic (exact) mass is 463 g/mol. The summed E-state index contributed by atoms with van der Waals surface area (Å²) in [5.41, 5.74) is 10.9. The van der Waals surface area contributed by atoms with Gasteiger partial charge >= 0.3 is 0 Å². The van der Waals surface area contributed by atoms with Crippen LogP contribution in [0.4, 0.5) is 17.3 Å². The van der Waals surface area contributed by atoms with Gasteiger partial charge in [-0.3, -0.25) is 10.9 Å². The molecule has 170 valence electrons. The van der Waals surface area contributed by atoms with E-state index >= 15 is 0 Å². The predicted molar refractivity (Wildman–Crippen MR) is 131 cm³/mol. The van der Waals surface area contributed by atoms with Crippen molar-refractivity contribution in [3.8, 4) is 0 Å². The highest BCUT2D eigenvalue weighted by molar-refractivity contribution is 7.25. The number of pyridine rings is 1. The van der Waals surface area contributed by atoms with Crippen molar-refractivity contribution in [3.05, 3.63) is 47.8 Å². The van der Waals surface area contributed by atoms with Crippen LogP contribution in [0, 0.1) is 0 Å². The van der Waals surface area contributed by atoms with Gasteiger partial charge in [0.15, 0.2) is 4.83 Å². The number of hydrogen-bond acceptors (Lipinski definition) is 8. The fraction of sp³-hybridized carbons (Fsp3) is 0.375. The first kappa shape index (κ1) is 20.6. The molecule has 8 nitrogen and oxygen atoms in total. The Labute approximate surface area is 195 Å². The molecule has 1 fully saturated rings. The largest absolute Gasteiger partial charge is 0.378 e. The standard InChI is InChI=1S/C24H26N6O2S/c1-24(2)12-16-17(13-32-24)22(30-8-10-31-11-9-30)27-19-18-21(25-14-26-23(18)33-20(16)19)29-28-15-6-4-3-5-7-15/h3-7,14,28H,8-13H2,1-2H3,(H,25,26,29)/p+1. The number of nitrogens with one attached hydrogen (secondary N) is 3. The van der Waals surface area contributed by atoms with Gasteiger partial charge < -0.3 is 14.4 Å². The maximum absolute atomic E-state index is 6.22. The third kappa shape index (κ3) is 3.76. The van der Waals surface area contributed by atoms with Crippen LogP contribution in [0.15, 0.2) is 36.7 Å². The summed E-state index contributed by atoms with van der Waals surface area (Å²) < 4.78 is 13.0. The number of hydrogen-bond donors (Lipinski definition) is 2. The molecule has 9 heteroatoms. The lowest BCUT2D eigenvalue weighted by atomic mass is 9.91. The summed E-state index contributed by atoms with van der Waals surface area (Å²) in [4.78, 5) is 16.6. The Balaban J connectivity index is 1.52. The van der Waals surface area contributed by atoms with Crippen molar-refractivity contribution in [2.24, 2.45) is 0 Å². The minimum atomic E-state index is -0.211. The third-order valence-corrected chi connectivity index (χ3v) is 7.42. The lowest BCUT2D eigenvalue weighted by molar-refractivity contribution is -0.346. The Kier molecular flexibility index (Phi) is 5.05. The zero-order valence-corrected chi connectivity index (χ0v) is 19.6. The number of thiophene rings is 1. The number of benzene rings is 1. The summed E-state index contributed by atoms with van der Waals surface area (Å²) in [5, 5.41) is 1.00. The van der Waals surface area contributed by atoms with Crippen molar-refractivity contribution in [2.75, 3.05) is 42.1 Å². The second-order valence-electron chi connectivity index (χ2n) is 9.07. The molecule has 1 aromatic carbocycles. The van der Waals surface area contributed by atoms with Crippen LogP contribution in [-0.2, 0) is 22.5 Å². The molecule has 5 heterocycles. The topological polar surface area (TPSA) is 85.7 Å². The van der Waals surface area contributed by atoms with E-state index in [1.807, 2.05) is 30.3 Å². The molecule has 0 amide bonds. The fourth-order valence-electron chi connectivity index (χ4n) is 4.59. The van der Waals surface area contributed by atoms with Gasteiger partial charge in [0.1, 0.15) is 16.7 Å². The van der Waals surface area contributed by atoms with E-state index in [9.17, 15) is 0 Å². The van der Waals surface area contributed by atoms with Crippen molar-refractivity contribution in [1.82, 2.24) is 9.97 Å². The molecule has 3 N–H and O–H groups in total. The number of H-pyrrole nitrogens is 1. The molecular weight excluding hydrogens is 436 g/mol. The zero-order valence-electron chi connectivity index (χ0n) is 18.8. The van der Waals surface area contributed by atoms with E-state index < -0.39 is 0 Å². The predicted octanol–water partition coefficient (Wildman–Crippen LogP) is 3.79. The first-order chi connectivity index (χ1) is 16.1. The summed E-state index contributed by atoms with van der Waals surface area (Å²) in [6.45, 7) is 8.00. The van der Waals surface area contributed by atoms with Gasteiger partial charge in [-0.15, -0.1) is 0 Å². The van der Waals surface area contributed by atoms with Crippen molar-refractivity contribution < 1.29 is 14.5 Å². The second-order valence-corrected chi connectivity index (χ2v) is 10.1. The summed E-state index contributed by atoms with van der Waals surface area (Å²) in [6.07, 6.45) is 2.58. The summed E-state index contributed by atoms with van der Waals surface area (Å²) in [7, 11) is 0. The number of fused-ring (bicyclic) bond motifs is 5. The van der Waals surface area contributed by atoms with E-state index in [0.717, 1.165) is 52.6 Å². The first-order valence-corrected chi connectivity index (χ1v) is 12.1. The van der Waals surface area contributed by atoms with Crippen LogP contribution in [0.5, 0.6) is 0 Å². The maximum Gasteiger partial charge on any atom is 0.287 e. The second kappa shape index (κ2) is 8.09. The molecule has 33 heavy (non-hydrogen) atoms. The van der Waals surface area contributed by atoms with Gasteiger partial charge in [-0.1, -0.05) is 29.5 Å². The molecule has 4 aromatic rings. The number of hydrazine groups is 1. The van der Waals surface area contributed by atoms with Gasteiger partial charge in [0.25, 0.3) is 12.1 Å². The molecule has 0 bridgehead atoms. The van der Waals surface area contributed by atoms with E-state index in [4.69, 9.17) is 14.5 Å². The van der Waals surface area contributed by atoms with Gasteiger partial charge in [0.05, 0.1) is 35.8 Å².